The second kappa shape index (κ2) is 6.43. The number of carbonyl (C=O) groups excluding carboxylic acids is 1. The molecule has 1 aromatic carbocycles. The van der Waals surface area contributed by atoms with Crippen LogP contribution in [-0.4, -0.2) is 35.0 Å². The number of furan rings is 1. The molecule has 3 rings (SSSR count). The molecule has 0 saturated heterocycles. The fourth-order valence-corrected chi connectivity index (χ4v) is 2.58. The van der Waals surface area contributed by atoms with Gasteiger partial charge >= 0.3 is 0 Å². The van der Waals surface area contributed by atoms with Crippen molar-refractivity contribution < 1.29 is 14.0 Å². The van der Waals surface area contributed by atoms with Crippen LogP contribution in [0.15, 0.2) is 52.2 Å². The quantitative estimate of drug-likeness (QED) is 0.642. The first-order valence-corrected chi connectivity index (χ1v) is 7.87. The molecule has 25 heavy (non-hydrogen) atoms. The van der Waals surface area contributed by atoms with E-state index in [1.165, 1.54) is 0 Å². The van der Waals surface area contributed by atoms with Crippen LogP contribution >= 0.6 is 0 Å². The van der Waals surface area contributed by atoms with Gasteiger partial charge in [-0.15, -0.1) is 0 Å². The highest BCUT2D eigenvalue weighted by Gasteiger charge is 2.40. The fraction of sp³-hybridized carbons (Fsp3) is 0.278. The Morgan fingerprint density at radius 3 is 2.64 bits per heavy atom. The van der Waals surface area contributed by atoms with E-state index in [-0.39, 0.29) is 0 Å². The molecule has 0 bridgehead atoms. The number of benzene rings is 1. The van der Waals surface area contributed by atoms with E-state index < -0.39 is 11.5 Å². The minimum Gasteiger partial charge on any atom is -0.467 e. The van der Waals surface area contributed by atoms with Crippen molar-refractivity contribution in [1.29, 1.82) is 5.41 Å². The predicted octanol–water partition coefficient (Wildman–Crippen LogP) is 2.11. The number of amides is 1. The zero-order chi connectivity index (χ0) is 18.0. The zero-order valence-electron chi connectivity index (χ0n) is 14.2. The van der Waals surface area contributed by atoms with E-state index in [0.717, 1.165) is 16.9 Å². The smallest absolute Gasteiger partial charge is 0.264 e. The molecule has 0 spiro atoms. The van der Waals surface area contributed by atoms with E-state index in [9.17, 15) is 4.79 Å². The van der Waals surface area contributed by atoms with Gasteiger partial charge in [-0.05, 0) is 24.6 Å². The largest absolute Gasteiger partial charge is 0.467 e. The number of nitrogens with zero attached hydrogens (tertiary/aromatic N) is 2. The van der Waals surface area contributed by atoms with Gasteiger partial charge in [0.2, 0.25) is 5.60 Å². The summed E-state index contributed by atoms with van der Waals surface area (Å²) in [6, 6.07) is 11.1. The summed E-state index contributed by atoms with van der Waals surface area (Å²) in [6.45, 7) is 2.14. The molecule has 3 N–H and O–H groups in total. The lowest BCUT2D eigenvalue weighted by Gasteiger charge is -2.19. The zero-order valence-corrected chi connectivity index (χ0v) is 14.2. The summed E-state index contributed by atoms with van der Waals surface area (Å²) in [4.78, 5) is 18.4. The van der Waals surface area contributed by atoms with Gasteiger partial charge in [0.15, 0.2) is 0 Å². The Labute approximate surface area is 145 Å². The number of hydrogen-bond acceptors (Lipinski definition) is 5. The molecule has 1 aliphatic rings. The van der Waals surface area contributed by atoms with Crippen molar-refractivity contribution >= 4 is 17.5 Å². The van der Waals surface area contributed by atoms with Gasteiger partial charge in [0.05, 0.1) is 18.5 Å². The standard InChI is InChI=1S/C18H20N4O3/c1-18(17(20)23)10-15(21-25-18)12-5-7-13(8-6-12)16(19)22(2)11-14-4-3-9-24-14/h3-9,19H,10-11H2,1-2H3,(H2,20,23). The number of carbonyl (C=O) groups is 1. The van der Waals surface area contributed by atoms with Gasteiger partial charge in [0, 0.05) is 19.0 Å². The van der Waals surface area contributed by atoms with E-state index in [4.69, 9.17) is 20.4 Å². The minimum atomic E-state index is -1.09. The monoisotopic (exact) mass is 340 g/mol. The topological polar surface area (TPSA) is 105 Å². The molecule has 0 radical (unpaired) electrons. The number of hydrogen-bond donors (Lipinski definition) is 2. The first-order chi connectivity index (χ1) is 11.9. The highest BCUT2D eigenvalue weighted by molar-refractivity contribution is 6.06. The van der Waals surface area contributed by atoms with Crippen molar-refractivity contribution in [3.8, 4) is 0 Å². The van der Waals surface area contributed by atoms with Crippen LogP contribution in [0.3, 0.4) is 0 Å². The molecule has 1 aliphatic heterocycles. The molecule has 7 heteroatoms. The van der Waals surface area contributed by atoms with Gasteiger partial charge < -0.3 is 19.9 Å². The molecular weight excluding hydrogens is 320 g/mol. The van der Waals surface area contributed by atoms with Gasteiger partial charge in [-0.2, -0.15) is 0 Å². The average molecular weight is 340 g/mol. The number of primary amides is 1. The Kier molecular flexibility index (Phi) is 4.31. The summed E-state index contributed by atoms with van der Waals surface area (Å²) in [5, 5.41) is 12.3. The van der Waals surface area contributed by atoms with Crippen molar-refractivity contribution in [3.05, 3.63) is 59.5 Å². The van der Waals surface area contributed by atoms with E-state index >= 15 is 0 Å². The third-order valence-electron chi connectivity index (χ3n) is 4.23. The highest BCUT2D eigenvalue weighted by atomic mass is 16.7. The van der Waals surface area contributed by atoms with Gasteiger partial charge in [-0.25, -0.2) is 0 Å². The Balaban J connectivity index is 1.68. The van der Waals surface area contributed by atoms with E-state index in [1.807, 2.05) is 43.4 Å². The molecular formula is C18H20N4O3. The summed E-state index contributed by atoms with van der Waals surface area (Å²) >= 11 is 0. The lowest BCUT2D eigenvalue weighted by atomic mass is 9.95. The maximum Gasteiger partial charge on any atom is 0.264 e. The maximum absolute atomic E-state index is 11.4. The number of oxime groups is 1. The highest BCUT2D eigenvalue weighted by Crippen LogP contribution is 2.26. The van der Waals surface area contributed by atoms with Crippen molar-refractivity contribution in [2.24, 2.45) is 10.9 Å². The van der Waals surface area contributed by atoms with Gasteiger partial charge in [0.25, 0.3) is 5.91 Å². The SMILES string of the molecule is CN(Cc1ccco1)C(=N)c1ccc(C2=NOC(C)(C(N)=O)C2)cc1. The van der Waals surface area contributed by atoms with Crippen molar-refractivity contribution in [2.45, 2.75) is 25.5 Å². The Morgan fingerprint density at radius 2 is 2.08 bits per heavy atom. The third kappa shape index (κ3) is 3.40. The molecule has 1 amide bonds. The van der Waals surface area contributed by atoms with Crippen LogP contribution in [0.1, 0.15) is 30.2 Å². The molecule has 1 atom stereocenters. The molecule has 1 aromatic heterocycles. The van der Waals surface area contributed by atoms with Crippen LogP contribution in [0.5, 0.6) is 0 Å². The molecule has 1 unspecified atom stereocenters. The van der Waals surface area contributed by atoms with Gasteiger partial charge in [0.1, 0.15) is 11.6 Å². The number of amidine groups is 1. The normalized spacial score (nSPS) is 19.2. The van der Waals surface area contributed by atoms with Gasteiger partial charge in [-0.3, -0.25) is 10.2 Å². The lowest BCUT2D eigenvalue weighted by molar-refractivity contribution is -0.138. The van der Waals surface area contributed by atoms with Gasteiger partial charge in [-0.1, -0.05) is 29.4 Å². The third-order valence-corrected chi connectivity index (χ3v) is 4.23. The summed E-state index contributed by atoms with van der Waals surface area (Å²) < 4.78 is 5.31. The molecule has 130 valence electrons. The fourth-order valence-electron chi connectivity index (χ4n) is 2.58. The molecule has 0 saturated carbocycles. The Bertz CT molecular complexity index is 811. The molecule has 2 aromatic rings. The van der Waals surface area contributed by atoms with Crippen LogP contribution in [-0.2, 0) is 16.2 Å². The maximum atomic E-state index is 11.4. The van der Waals surface area contributed by atoms with E-state index in [0.29, 0.717) is 24.5 Å². The second-order valence-corrected chi connectivity index (χ2v) is 6.26. The molecule has 2 heterocycles. The van der Waals surface area contributed by atoms with Crippen LogP contribution in [0.4, 0.5) is 0 Å². The van der Waals surface area contributed by atoms with Crippen LogP contribution < -0.4 is 5.73 Å². The van der Waals surface area contributed by atoms with Crippen LogP contribution in [0.2, 0.25) is 0 Å². The van der Waals surface area contributed by atoms with E-state index in [2.05, 4.69) is 5.16 Å². The predicted molar refractivity (Wildman–Crippen MR) is 93.3 cm³/mol. The summed E-state index contributed by atoms with van der Waals surface area (Å²) in [6.07, 6.45) is 1.95. The van der Waals surface area contributed by atoms with Crippen LogP contribution in [0, 0.1) is 5.41 Å². The van der Waals surface area contributed by atoms with Crippen molar-refractivity contribution in [1.82, 2.24) is 4.90 Å². The number of nitrogens with one attached hydrogen (secondary N) is 1. The lowest BCUT2D eigenvalue weighted by Crippen LogP contribution is -2.41. The summed E-state index contributed by atoms with van der Waals surface area (Å²) in [7, 11) is 1.84. The van der Waals surface area contributed by atoms with E-state index in [1.54, 1.807) is 18.1 Å². The number of rotatable bonds is 5. The first kappa shape index (κ1) is 16.8. The number of nitrogens with two attached hydrogens (primary N) is 1. The van der Waals surface area contributed by atoms with Crippen LogP contribution in [0.25, 0.3) is 0 Å². The Morgan fingerprint density at radius 1 is 1.36 bits per heavy atom. The second-order valence-electron chi connectivity index (χ2n) is 6.26. The molecule has 7 nitrogen and oxygen atoms in total. The summed E-state index contributed by atoms with van der Waals surface area (Å²) in [5.74, 6) is 0.644. The first-order valence-electron chi connectivity index (χ1n) is 7.87. The molecule has 0 fully saturated rings. The Hall–Kier alpha value is -3.09. The average Bonchev–Trinajstić information content (AvgIpc) is 3.25. The summed E-state index contributed by atoms with van der Waals surface area (Å²) in [5.41, 5.74) is 6.54. The van der Waals surface area contributed by atoms with Crippen molar-refractivity contribution in [3.63, 3.8) is 0 Å². The molecule has 0 aliphatic carbocycles. The van der Waals surface area contributed by atoms with Crippen molar-refractivity contribution in [2.75, 3.05) is 7.05 Å². The minimum absolute atomic E-state index is 0.331.